The maximum atomic E-state index is 9.54. The number of hydrogen-bond acceptors (Lipinski definition) is 2. The van der Waals surface area contributed by atoms with E-state index in [4.69, 9.17) is 0 Å². The average Bonchev–Trinajstić information content (AvgIpc) is 2.67. The first-order valence-corrected chi connectivity index (χ1v) is 5.74. The molecule has 1 heterocycles. The van der Waals surface area contributed by atoms with E-state index >= 15 is 0 Å². The van der Waals surface area contributed by atoms with E-state index in [0.717, 1.165) is 31.9 Å². The van der Waals surface area contributed by atoms with Gasteiger partial charge in [-0.05, 0) is 32.1 Å². The van der Waals surface area contributed by atoms with Crippen molar-refractivity contribution in [3.63, 3.8) is 0 Å². The zero-order valence-electron chi connectivity index (χ0n) is 9.98. The molecule has 0 saturated carbocycles. The Balaban J connectivity index is 2.53. The Morgan fingerprint density at radius 2 is 2.07 bits per heavy atom. The van der Waals surface area contributed by atoms with Crippen LogP contribution >= 0.6 is 0 Å². The summed E-state index contributed by atoms with van der Waals surface area (Å²) in [6.45, 7) is 10.3. The van der Waals surface area contributed by atoms with Crippen LogP contribution in [0.2, 0.25) is 0 Å². The Labute approximate surface area is 92.3 Å². The summed E-state index contributed by atoms with van der Waals surface area (Å²) in [5.74, 6) is 0. The molecule has 1 aromatic rings. The third-order valence-electron chi connectivity index (χ3n) is 2.84. The predicted octanol–water partition coefficient (Wildman–Crippen LogP) is 1.88. The smallest absolute Gasteiger partial charge is 0.0911 e. The third kappa shape index (κ3) is 3.36. The van der Waals surface area contributed by atoms with Gasteiger partial charge in [-0.25, -0.2) is 0 Å². The molecule has 1 atom stereocenters. The molecular weight excluding hydrogens is 188 g/mol. The Morgan fingerprint density at radius 3 is 2.60 bits per heavy atom. The first-order valence-electron chi connectivity index (χ1n) is 5.74. The standard InChI is InChI=1S/C12H22N2O/c1-4-13(5-2)9-10-14-8-6-7-12(14)11(3)15/h6-8,11,15H,4-5,9-10H2,1-3H3. The molecule has 1 N–H and O–H groups in total. The molecule has 1 aromatic heterocycles. The fourth-order valence-corrected chi connectivity index (χ4v) is 1.80. The second-order valence-electron chi connectivity index (χ2n) is 3.83. The summed E-state index contributed by atoms with van der Waals surface area (Å²) >= 11 is 0. The molecule has 0 aliphatic rings. The molecule has 0 amide bonds. The van der Waals surface area contributed by atoms with Crippen molar-refractivity contribution < 1.29 is 5.11 Å². The van der Waals surface area contributed by atoms with Crippen LogP contribution in [0.5, 0.6) is 0 Å². The monoisotopic (exact) mass is 210 g/mol. The first-order chi connectivity index (χ1) is 7.19. The molecule has 0 fully saturated rings. The molecule has 0 radical (unpaired) electrons. The quantitative estimate of drug-likeness (QED) is 0.776. The zero-order valence-corrected chi connectivity index (χ0v) is 9.98. The topological polar surface area (TPSA) is 28.4 Å². The summed E-state index contributed by atoms with van der Waals surface area (Å²) in [4.78, 5) is 2.38. The van der Waals surface area contributed by atoms with Crippen LogP contribution in [0.25, 0.3) is 0 Å². The predicted molar refractivity (Wildman–Crippen MR) is 62.9 cm³/mol. The van der Waals surface area contributed by atoms with Crippen molar-refractivity contribution in [3.05, 3.63) is 24.0 Å². The lowest BCUT2D eigenvalue weighted by Gasteiger charge is -2.19. The molecule has 0 bridgehead atoms. The second kappa shape index (κ2) is 5.93. The molecule has 15 heavy (non-hydrogen) atoms. The van der Waals surface area contributed by atoms with Gasteiger partial charge in [-0.1, -0.05) is 13.8 Å². The van der Waals surface area contributed by atoms with Crippen LogP contribution in [0.1, 0.15) is 32.6 Å². The molecule has 86 valence electrons. The highest BCUT2D eigenvalue weighted by Crippen LogP contribution is 2.12. The lowest BCUT2D eigenvalue weighted by molar-refractivity contribution is 0.186. The van der Waals surface area contributed by atoms with Gasteiger partial charge in [-0.15, -0.1) is 0 Å². The molecule has 1 rings (SSSR count). The van der Waals surface area contributed by atoms with Gasteiger partial charge in [0.15, 0.2) is 0 Å². The van der Waals surface area contributed by atoms with Gasteiger partial charge >= 0.3 is 0 Å². The van der Waals surface area contributed by atoms with Gasteiger partial charge in [0.2, 0.25) is 0 Å². The van der Waals surface area contributed by atoms with Gasteiger partial charge in [0.25, 0.3) is 0 Å². The number of rotatable bonds is 6. The van der Waals surface area contributed by atoms with Gasteiger partial charge in [0.05, 0.1) is 6.10 Å². The molecule has 0 aliphatic carbocycles. The van der Waals surface area contributed by atoms with Crippen LogP contribution in [0.4, 0.5) is 0 Å². The minimum absolute atomic E-state index is 0.378. The van der Waals surface area contributed by atoms with Gasteiger partial charge < -0.3 is 14.6 Å². The summed E-state index contributed by atoms with van der Waals surface area (Å²) in [5, 5.41) is 9.54. The minimum atomic E-state index is -0.378. The number of aliphatic hydroxyl groups is 1. The van der Waals surface area contributed by atoms with E-state index in [1.165, 1.54) is 0 Å². The largest absolute Gasteiger partial charge is 0.387 e. The van der Waals surface area contributed by atoms with Crippen LogP contribution in [-0.4, -0.2) is 34.2 Å². The second-order valence-corrected chi connectivity index (χ2v) is 3.83. The van der Waals surface area contributed by atoms with Crippen molar-refractivity contribution in [2.45, 2.75) is 33.4 Å². The minimum Gasteiger partial charge on any atom is -0.387 e. The van der Waals surface area contributed by atoms with Crippen LogP contribution in [0, 0.1) is 0 Å². The van der Waals surface area contributed by atoms with Crippen molar-refractivity contribution in [2.24, 2.45) is 0 Å². The Hall–Kier alpha value is -0.800. The molecule has 0 aliphatic heterocycles. The Kier molecular flexibility index (Phi) is 4.85. The molecule has 0 aromatic carbocycles. The van der Waals surface area contributed by atoms with Crippen molar-refractivity contribution in [1.29, 1.82) is 0 Å². The van der Waals surface area contributed by atoms with E-state index in [-0.39, 0.29) is 6.10 Å². The summed E-state index contributed by atoms with van der Waals surface area (Å²) < 4.78 is 2.13. The van der Waals surface area contributed by atoms with Gasteiger partial charge in [-0.2, -0.15) is 0 Å². The number of likely N-dealkylation sites (N-methyl/N-ethyl adjacent to an activating group) is 1. The van der Waals surface area contributed by atoms with E-state index in [2.05, 4.69) is 23.3 Å². The van der Waals surface area contributed by atoms with E-state index in [9.17, 15) is 5.11 Å². The van der Waals surface area contributed by atoms with Gasteiger partial charge in [0, 0.05) is 25.0 Å². The first kappa shape index (κ1) is 12.3. The number of aliphatic hydroxyl groups excluding tert-OH is 1. The van der Waals surface area contributed by atoms with Gasteiger partial charge in [-0.3, -0.25) is 0 Å². The molecular formula is C12H22N2O. The normalized spacial score (nSPS) is 13.4. The van der Waals surface area contributed by atoms with E-state index in [1.54, 1.807) is 0 Å². The highest BCUT2D eigenvalue weighted by atomic mass is 16.3. The van der Waals surface area contributed by atoms with Gasteiger partial charge in [0.1, 0.15) is 0 Å². The number of nitrogens with zero attached hydrogens (tertiary/aromatic N) is 2. The van der Waals surface area contributed by atoms with Crippen LogP contribution in [0.3, 0.4) is 0 Å². The summed E-state index contributed by atoms with van der Waals surface area (Å²) in [6, 6.07) is 3.97. The lowest BCUT2D eigenvalue weighted by atomic mass is 10.3. The number of aromatic nitrogens is 1. The number of hydrogen-bond donors (Lipinski definition) is 1. The summed E-state index contributed by atoms with van der Waals surface area (Å²) in [7, 11) is 0. The summed E-state index contributed by atoms with van der Waals surface area (Å²) in [5.41, 5.74) is 1.00. The zero-order chi connectivity index (χ0) is 11.3. The average molecular weight is 210 g/mol. The van der Waals surface area contributed by atoms with Crippen molar-refractivity contribution >= 4 is 0 Å². The fourth-order valence-electron chi connectivity index (χ4n) is 1.80. The maximum absolute atomic E-state index is 9.54. The van der Waals surface area contributed by atoms with Crippen LogP contribution in [0.15, 0.2) is 18.3 Å². The molecule has 0 saturated heterocycles. The van der Waals surface area contributed by atoms with E-state index in [0.29, 0.717) is 0 Å². The third-order valence-corrected chi connectivity index (χ3v) is 2.84. The van der Waals surface area contributed by atoms with Crippen LogP contribution in [-0.2, 0) is 6.54 Å². The molecule has 1 unspecified atom stereocenters. The lowest BCUT2D eigenvalue weighted by Crippen LogP contribution is -2.27. The van der Waals surface area contributed by atoms with Crippen molar-refractivity contribution in [1.82, 2.24) is 9.47 Å². The Morgan fingerprint density at radius 1 is 1.40 bits per heavy atom. The highest BCUT2D eigenvalue weighted by Gasteiger charge is 2.07. The molecule has 0 spiro atoms. The molecule has 3 nitrogen and oxygen atoms in total. The van der Waals surface area contributed by atoms with Crippen molar-refractivity contribution in [3.8, 4) is 0 Å². The Bertz CT molecular complexity index is 277. The molecule has 3 heteroatoms. The highest BCUT2D eigenvalue weighted by molar-refractivity contribution is 5.09. The summed E-state index contributed by atoms with van der Waals surface area (Å²) in [6.07, 6.45) is 1.66. The van der Waals surface area contributed by atoms with Crippen LogP contribution < -0.4 is 0 Å². The maximum Gasteiger partial charge on any atom is 0.0911 e. The fraction of sp³-hybridized carbons (Fsp3) is 0.667. The van der Waals surface area contributed by atoms with Crippen molar-refractivity contribution in [2.75, 3.05) is 19.6 Å². The SMILES string of the molecule is CCN(CC)CCn1cccc1C(C)O. The van der Waals surface area contributed by atoms with E-state index in [1.807, 2.05) is 25.3 Å². The van der Waals surface area contributed by atoms with E-state index < -0.39 is 0 Å².